The van der Waals surface area contributed by atoms with E-state index in [1.807, 2.05) is 35.9 Å². The Morgan fingerprint density at radius 3 is 2.88 bits per heavy atom. The quantitative estimate of drug-likeness (QED) is 0.796. The van der Waals surface area contributed by atoms with Gasteiger partial charge >= 0.3 is 0 Å². The molecular weight excluding hydrogens is 370 g/mol. The van der Waals surface area contributed by atoms with E-state index in [-0.39, 0.29) is 22.5 Å². The number of aromatic nitrogens is 2. The van der Waals surface area contributed by atoms with E-state index in [1.54, 1.807) is 11.8 Å². The minimum atomic E-state index is -0.207. The van der Waals surface area contributed by atoms with Crippen molar-refractivity contribution in [3.8, 4) is 0 Å². The predicted octanol–water partition coefficient (Wildman–Crippen LogP) is 4.85. The minimum absolute atomic E-state index is 0.0852. The van der Waals surface area contributed by atoms with Gasteiger partial charge in [0, 0.05) is 11.6 Å². The Morgan fingerprint density at radius 1 is 1.38 bits per heavy atom. The van der Waals surface area contributed by atoms with Gasteiger partial charge in [0.25, 0.3) is 5.56 Å². The number of nitrogens with one attached hydrogen (secondary N) is 1. The molecule has 0 saturated carbocycles. The molecule has 1 saturated heterocycles. The van der Waals surface area contributed by atoms with Crippen LogP contribution < -0.4 is 5.56 Å². The molecule has 1 fully saturated rings. The van der Waals surface area contributed by atoms with Crippen LogP contribution in [0.2, 0.25) is 5.02 Å². The van der Waals surface area contributed by atoms with Gasteiger partial charge in [0.05, 0.1) is 27.5 Å². The molecule has 26 heavy (non-hydrogen) atoms. The summed E-state index contributed by atoms with van der Waals surface area (Å²) in [4.78, 5) is 17.6. The van der Waals surface area contributed by atoms with E-state index in [0.29, 0.717) is 17.2 Å². The van der Waals surface area contributed by atoms with Crippen LogP contribution in [0.15, 0.2) is 34.1 Å². The molecule has 4 rings (SSSR count). The molecule has 2 unspecified atom stereocenters. The van der Waals surface area contributed by atoms with Crippen molar-refractivity contribution in [2.75, 3.05) is 6.61 Å². The minimum Gasteiger partial charge on any atom is -0.375 e. The van der Waals surface area contributed by atoms with Crippen molar-refractivity contribution in [1.29, 1.82) is 0 Å². The number of thioether (sulfide) groups is 1. The van der Waals surface area contributed by atoms with Gasteiger partial charge in [-0.25, -0.2) is 4.99 Å². The average molecular weight is 392 g/mol. The zero-order chi connectivity index (χ0) is 18.5. The van der Waals surface area contributed by atoms with Crippen molar-refractivity contribution in [2.24, 2.45) is 4.99 Å². The van der Waals surface area contributed by atoms with Crippen LogP contribution in [0.4, 0.5) is 5.82 Å². The Labute approximate surface area is 161 Å². The monoisotopic (exact) mass is 391 g/mol. The van der Waals surface area contributed by atoms with E-state index in [2.05, 4.69) is 18.9 Å². The van der Waals surface area contributed by atoms with Gasteiger partial charge in [-0.1, -0.05) is 41.6 Å². The Morgan fingerprint density at radius 2 is 2.15 bits per heavy atom. The van der Waals surface area contributed by atoms with Gasteiger partial charge < -0.3 is 4.74 Å². The van der Waals surface area contributed by atoms with Crippen molar-refractivity contribution in [3.63, 3.8) is 0 Å². The first-order valence-corrected chi connectivity index (χ1v) is 10.1. The van der Waals surface area contributed by atoms with Gasteiger partial charge in [-0.2, -0.15) is 0 Å². The number of fused-ring (bicyclic) bond motifs is 1. The summed E-state index contributed by atoms with van der Waals surface area (Å²) in [5, 5.41) is 4.50. The second-order valence-electron chi connectivity index (χ2n) is 7.45. The first-order chi connectivity index (χ1) is 12.4. The van der Waals surface area contributed by atoms with Crippen LogP contribution in [0.5, 0.6) is 0 Å². The van der Waals surface area contributed by atoms with Gasteiger partial charge in [0.2, 0.25) is 0 Å². The number of H-pyrrole nitrogens is 1. The number of ether oxygens (including phenoxy) is 1. The molecule has 0 bridgehead atoms. The summed E-state index contributed by atoms with van der Waals surface area (Å²) in [5.41, 5.74) is 1.35. The normalized spacial score (nSPS) is 24.8. The second-order valence-corrected chi connectivity index (χ2v) is 9.16. The first kappa shape index (κ1) is 17.9. The number of benzene rings is 1. The molecule has 3 heterocycles. The summed E-state index contributed by atoms with van der Waals surface area (Å²) in [6.07, 6.45) is 1.70. The van der Waals surface area contributed by atoms with Crippen LogP contribution in [0.3, 0.4) is 0 Å². The van der Waals surface area contributed by atoms with Crippen LogP contribution in [-0.4, -0.2) is 27.0 Å². The van der Waals surface area contributed by atoms with Crippen LogP contribution in [0.25, 0.3) is 0 Å². The largest absolute Gasteiger partial charge is 0.375 e. The lowest BCUT2D eigenvalue weighted by Gasteiger charge is -2.36. The molecule has 0 amide bonds. The molecule has 0 spiro atoms. The third-order valence-electron chi connectivity index (χ3n) is 4.97. The van der Waals surface area contributed by atoms with Crippen molar-refractivity contribution in [1.82, 2.24) is 9.78 Å². The molecule has 1 aromatic heterocycles. The SMILES string of the molecule is CC1=Nc2c(c(=O)[nH]n2C2CCOC(C)(C)C2)C(c2ccccc2Cl)S1. The molecular formula is C19H22ClN3O2S. The molecule has 2 aliphatic heterocycles. The number of rotatable bonds is 2. The van der Waals surface area contributed by atoms with Crippen LogP contribution >= 0.6 is 23.4 Å². The van der Waals surface area contributed by atoms with Crippen LogP contribution in [0, 0.1) is 0 Å². The molecule has 1 aromatic carbocycles. The maximum atomic E-state index is 12.9. The number of aromatic amines is 1. The van der Waals surface area contributed by atoms with Gasteiger partial charge in [-0.15, -0.1) is 0 Å². The lowest BCUT2D eigenvalue weighted by Crippen LogP contribution is -2.35. The van der Waals surface area contributed by atoms with Crippen molar-refractivity contribution >= 4 is 34.2 Å². The molecule has 2 aliphatic rings. The Kier molecular flexibility index (Phi) is 4.53. The summed E-state index contributed by atoms with van der Waals surface area (Å²) in [6, 6.07) is 7.87. The fourth-order valence-corrected chi connectivity index (χ4v) is 5.25. The van der Waals surface area contributed by atoms with E-state index in [1.165, 1.54) is 0 Å². The molecule has 0 aliphatic carbocycles. The number of nitrogens with zero attached hydrogens (tertiary/aromatic N) is 2. The summed E-state index contributed by atoms with van der Waals surface area (Å²) >= 11 is 8.01. The van der Waals surface area contributed by atoms with E-state index in [4.69, 9.17) is 21.3 Å². The molecule has 2 atom stereocenters. The van der Waals surface area contributed by atoms with Crippen molar-refractivity contribution in [3.05, 3.63) is 50.8 Å². The predicted molar refractivity (Wildman–Crippen MR) is 107 cm³/mol. The highest BCUT2D eigenvalue weighted by molar-refractivity contribution is 8.14. The smallest absolute Gasteiger partial charge is 0.271 e. The fraction of sp³-hybridized carbons (Fsp3) is 0.474. The number of aliphatic imine (C=N–C) groups is 1. The lowest BCUT2D eigenvalue weighted by molar-refractivity contribution is -0.0705. The first-order valence-electron chi connectivity index (χ1n) is 8.80. The number of halogens is 1. The fourth-order valence-electron chi connectivity index (χ4n) is 3.80. The van der Waals surface area contributed by atoms with Crippen LogP contribution in [-0.2, 0) is 4.74 Å². The summed E-state index contributed by atoms with van der Waals surface area (Å²) in [7, 11) is 0. The second kappa shape index (κ2) is 6.59. The van der Waals surface area contributed by atoms with Gasteiger partial charge in [0.15, 0.2) is 5.82 Å². The molecule has 5 nitrogen and oxygen atoms in total. The highest BCUT2D eigenvalue weighted by atomic mass is 35.5. The summed E-state index contributed by atoms with van der Waals surface area (Å²) in [5.74, 6) is 0.735. The Hall–Kier alpha value is -1.50. The average Bonchev–Trinajstić information content (AvgIpc) is 2.90. The number of hydrogen-bond donors (Lipinski definition) is 1. The highest BCUT2D eigenvalue weighted by Gasteiger charge is 2.36. The Balaban J connectivity index is 1.82. The molecule has 7 heteroatoms. The molecule has 1 N–H and O–H groups in total. The zero-order valence-corrected chi connectivity index (χ0v) is 16.7. The maximum absolute atomic E-state index is 12.9. The lowest BCUT2D eigenvalue weighted by atomic mass is 9.94. The van der Waals surface area contributed by atoms with Crippen molar-refractivity contribution < 1.29 is 4.74 Å². The van der Waals surface area contributed by atoms with Gasteiger partial charge in [-0.05, 0) is 45.2 Å². The zero-order valence-electron chi connectivity index (χ0n) is 15.1. The number of hydrogen-bond acceptors (Lipinski definition) is 4. The molecule has 2 aromatic rings. The van der Waals surface area contributed by atoms with E-state index in [9.17, 15) is 4.79 Å². The third kappa shape index (κ3) is 3.15. The highest BCUT2D eigenvalue weighted by Crippen LogP contribution is 2.46. The van der Waals surface area contributed by atoms with E-state index >= 15 is 0 Å². The van der Waals surface area contributed by atoms with Crippen LogP contribution in [0.1, 0.15) is 56.0 Å². The van der Waals surface area contributed by atoms with Crippen molar-refractivity contribution in [2.45, 2.75) is 50.5 Å². The van der Waals surface area contributed by atoms with Gasteiger partial charge in [0.1, 0.15) is 0 Å². The Bertz CT molecular complexity index is 931. The summed E-state index contributed by atoms with van der Waals surface area (Å²) < 4.78 is 7.79. The van der Waals surface area contributed by atoms with E-state index < -0.39 is 0 Å². The maximum Gasteiger partial charge on any atom is 0.271 e. The third-order valence-corrected chi connectivity index (χ3v) is 6.48. The van der Waals surface area contributed by atoms with Gasteiger partial charge in [-0.3, -0.25) is 14.6 Å². The molecule has 0 radical (unpaired) electrons. The summed E-state index contributed by atoms with van der Waals surface area (Å²) in [6.45, 7) is 6.83. The topological polar surface area (TPSA) is 59.4 Å². The molecule has 138 valence electrons. The standard InChI is InChI=1S/C19H22ClN3O2S/c1-11-21-17-15(16(26-11)13-6-4-5-7-14(13)20)18(24)22-23(17)12-8-9-25-19(2,3)10-12/h4-7,12,16H,8-10H2,1-3H3,(H,22,24). The van der Waals surface area contributed by atoms with E-state index in [0.717, 1.165) is 29.3 Å².